The smallest absolute Gasteiger partial charge is 0.357 e. The molecule has 0 saturated carbocycles. The molecule has 82 valence electrons. The van der Waals surface area contributed by atoms with Crippen molar-refractivity contribution >= 4 is 22.9 Å². The minimum atomic E-state index is -1.06. The monoisotopic (exact) mass is 218 g/mol. The van der Waals surface area contributed by atoms with E-state index >= 15 is 0 Å². The Kier molecular flexibility index (Phi) is 2.70. The Balaban J connectivity index is 2.54. The number of aliphatic hydroxyl groups excluding tert-OH is 1. The molecule has 0 aliphatic heterocycles. The molecule has 0 fully saturated rings. The van der Waals surface area contributed by atoms with Gasteiger partial charge in [-0.3, -0.25) is 5.10 Å². The van der Waals surface area contributed by atoms with Gasteiger partial charge in [0.15, 0.2) is 5.69 Å². The lowest BCUT2D eigenvalue weighted by Crippen LogP contribution is -1.96. The second kappa shape index (κ2) is 4.16. The second-order valence-corrected chi connectivity index (χ2v) is 3.27. The standard InChI is InChI=1S/C11H10N2O3/c14-5-1-2-7-3-4-9-8(6-7)10(11(15)16)13-12-9/h1-4,6,14H,5H2,(H,12,13)(H,15,16). The number of benzene rings is 1. The molecule has 0 spiro atoms. The molecule has 0 atom stereocenters. The normalized spacial score (nSPS) is 11.3. The van der Waals surface area contributed by atoms with E-state index in [-0.39, 0.29) is 12.3 Å². The number of hydrogen-bond acceptors (Lipinski definition) is 3. The number of nitrogens with one attached hydrogen (secondary N) is 1. The summed E-state index contributed by atoms with van der Waals surface area (Å²) in [6.45, 7) is -0.0464. The maximum atomic E-state index is 10.9. The summed E-state index contributed by atoms with van der Waals surface area (Å²) in [4.78, 5) is 10.9. The number of carboxylic acid groups (broad SMARTS) is 1. The van der Waals surface area contributed by atoms with E-state index in [0.717, 1.165) is 5.56 Å². The van der Waals surface area contributed by atoms with Crippen LogP contribution in [-0.4, -0.2) is 33.0 Å². The van der Waals surface area contributed by atoms with Crippen molar-refractivity contribution in [1.29, 1.82) is 0 Å². The van der Waals surface area contributed by atoms with Gasteiger partial charge in [0, 0.05) is 5.39 Å². The van der Waals surface area contributed by atoms with E-state index in [2.05, 4.69) is 10.2 Å². The van der Waals surface area contributed by atoms with Crippen LogP contribution in [-0.2, 0) is 0 Å². The fourth-order valence-electron chi connectivity index (χ4n) is 1.49. The van der Waals surface area contributed by atoms with Crippen LogP contribution in [0.4, 0.5) is 0 Å². The van der Waals surface area contributed by atoms with Gasteiger partial charge in [-0.15, -0.1) is 0 Å². The number of nitrogens with zero attached hydrogens (tertiary/aromatic N) is 1. The fraction of sp³-hybridized carbons (Fsp3) is 0.0909. The number of carbonyl (C=O) groups is 1. The molecule has 0 saturated heterocycles. The predicted octanol–water partition coefficient (Wildman–Crippen LogP) is 1.27. The summed E-state index contributed by atoms with van der Waals surface area (Å²) in [5.41, 5.74) is 1.51. The highest BCUT2D eigenvalue weighted by molar-refractivity contribution is 6.01. The van der Waals surface area contributed by atoms with Gasteiger partial charge < -0.3 is 10.2 Å². The van der Waals surface area contributed by atoms with E-state index < -0.39 is 5.97 Å². The highest BCUT2D eigenvalue weighted by Crippen LogP contribution is 2.18. The molecule has 3 N–H and O–H groups in total. The van der Waals surface area contributed by atoms with Crippen LogP contribution >= 0.6 is 0 Å². The summed E-state index contributed by atoms with van der Waals surface area (Å²) in [6.07, 6.45) is 3.31. The van der Waals surface area contributed by atoms with Crippen molar-refractivity contribution in [2.45, 2.75) is 0 Å². The first kappa shape index (κ1) is 10.4. The Hall–Kier alpha value is -2.14. The summed E-state index contributed by atoms with van der Waals surface area (Å²) in [7, 11) is 0. The first-order valence-corrected chi connectivity index (χ1v) is 4.71. The molecule has 5 nitrogen and oxygen atoms in total. The third kappa shape index (κ3) is 1.80. The van der Waals surface area contributed by atoms with Crippen LogP contribution in [0.1, 0.15) is 16.1 Å². The molecule has 2 aromatic rings. The Morgan fingerprint density at radius 2 is 2.31 bits per heavy atom. The fourth-order valence-corrected chi connectivity index (χ4v) is 1.49. The van der Waals surface area contributed by atoms with Crippen LogP contribution in [0.25, 0.3) is 17.0 Å². The third-order valence-corrected chi connectivity index (χ3v) is 2.21. The maximum absolute atomic E-state index is 10.9. The van der Waals surface area contributed by atoms with Crippen molar-refractivity contribution in [3.05, 3.63) is 35.5 Å². The molecule has 16 heavy (non-hydrogen) atoms. The van der Waals surface area contributed by atoms with E-state index in [4.69, 9.17) is 10.2 Å². The summed E-state index contributed by atoms with van der Waals surface area (Å²) in [5.74, 6) is -1.06. The van der Waals surface area contributed by atoms with Crippen molar-refractivity contribution in [2.75, 3.05) is 6.61 Å². The molecule has 1 aromatic carbocycles. The molecule has 0 radical (unpaired) electrons. The van der Waals surface area contributed by atoms with Gasteiger partial charge in [-0.2, -0.15) is 5.10 Å². The van der Waals surface area contributed by atoms with Crippen molar-refractivity contribution in [3.63, 3.8) is 0 Å². The molecule has 0 amide bonds. The van der Waals surface area contributed by atoms with Gasteiger partial charge in [-0.05, 0) is 17.7 Å². The predicted molar refractivity (Wildman–Crippen MR) is 59.2 cm³/mol. The maximum Gasteiger partial charge on any atom is 0.357 e. The molecular formula is C11H10N2O3. The van der Waals surface area contributed by atoms with E-state index in [0.29, 0.717) is 10.9 Å². The topological polar surface area (TPSA) is 86.2 Å². The lowest BCUT2D eigenvalue weighted by molar-refractivity contribution is 0.0692. The van der Waals surface area contributed by atoms with E-state index in [9.17, 15) is 4.79 Å². The van der Waals surface area contributed by atoms with Crippen LogP contribution in [0.5, 0.6) is 0 Å². The summed E-state index contributed by atoms with van der Waals surface area (Å²) >= 11 is 0. The average Bonchev–Trinajstić information content (AvgIpc) is 2.69. The van der Waals surface area contributed by atoms with Crippen LogP contribution in [0.2, 0.25) is 0 Å². The molecule has 0 aliphatic carbocycles. The number of aromatic nitrogens is 2. The largest absolute Gasteiger partial charge is 0.476 e. The Morgan fingerprint density at radius 3 is 3.00 bits per heavy atom. The Morgan fingerprint density at radius 1 is 1.50 bits per heavy atom. The number of fused-ring (bicyclic) bond motifs is 1. The molecule has 2 rings (SSSR count). The van der Waals surface area contributed by atoms with Gasteiger partial charge >= 0.3 is 5.97 Å². The van der Waals surface area contributed by atoms with E-state index in [1.54, 1.807) is 24.3 Å². The number of carboxylic acids is 1. The highest BCUT2D eigenvalue weighted by Gasteiger charge is 2.12. The minimum absolute atomic E-state index is 0.00856. The van der Waals surface area contributed by atoms with Crippen molar-refractivity contribution in [1.82, 2.24) is 10.2 Å². The van der Waals surface area contributed by atoms with Crippen LogP contribution < -0.4 is 0 Å². The Bertz CT molecular complexity index is 557. The van der Waals surface area contributed by atoms with Crippen molar-refractivity contribution in [3.8, 4) is 0 Å². The number of aliphatic hydroxyl groups is 1. The molecule has 0 unspecified atom stereocenters. The van der Waals surface area contributed by atoms with Gasteiger partial charge in [-0.25, -0.2) is 4.79 Å². The van der Waals surface area contributed by atoms with Gasteiger partial charge in [0.1, 0.15) is 0 Å². The zero-order chi connectivity index (χ0) is 11.5. The van der Waals surface area contributed by atoms with Gasteiger partial charge in [0.2, 0.25) is 0 Å². The molecule has 5 heteroatoms. The van der Waals surface area contributed by atoms with Crippen LogP contribution in [0.15, 0.2) is 24.3 Å². The average molecular weight is 218 g/mol. The Labute approximate surface area is 91.0 Å². The summed E-state index contributed by atoms with van der Waals surface area (Å²) in [6, 6.07) is 5.29. The van der Waals surface area contributed by atoms with Crippen LogP contribution in [0, 0.1) is 0 Å². The van der Waals surface area contributed by atoms with E-state index in [1.165, 1.54) is 0 Å². The summed E-state index contributed by atoms with van der Waals surface area (Å²) in [5, 5.41) is 24.5. The number of aromatic amines is 1. The zero-order valence-corrected chi connectivity index (χ0v) is 8.34. The zero-order valence-electron chi connectivity index (χ0n) is 8.34. The highest BCUT2D eigenvalue weighted by atomic mass is 16.4. The molecule has 0 aliphatic rings. The molecule has 1 heterocycles. The second-order valence-electron chi connectivity index (χ2n) is 3.27. The third-order valence-electron chi connectivity index (χ3n) is 2.21. The molecule has 0 bridgehead atoms. The molecular weight excluding hydrogens is 208 g/mol. The van der Waals surface area contributed by atoms with Gasteiger partial charge in [0.05, 0.1) is 12.1 Å². The number of rotatable bonds is 3. The number of aromatic carboxylic acids is 1. The van der Waals surface area contributed by atoms with Gasteiger partial charge in [0.25, 0.3) is 0 Å². The summed E-state index contributed by atoms with van der Waals surface area (Å²) < 4.78 is 0. The number of hydrogen-bond donors (Lipinski definition) is 3. The lowest BCUT2D eigenvalue weighted by Gasteiger charge is -1.94. The van der Waals surface area contributed by atoms with Crippen molar-refractivity contribution in [2.24, 2.45) is 0 Å². The van der Waals surface area contributed by atoms with Gasteiger partial charge in [-0.1, -0.05) is 18.2 Å². The SMILES string of the molecule is O=C(O)c1n[nH]c2ccc(C=CCO)cc12. The number of H-pyrrole nitrogens is 1. The van der Waals surface area contributed by atoms with Crippen LogP contribution in [0.3, 0.4) is 0 Å². The minimum Gasteiger partial charge on any atom is -0.476 e. The first-order chi connectivity index (χ1) is 7.72. The molecule has 1 aromatic heterocycles. The first-order valence-electron chi connectivity index (χ1n) is 4.71. The lowest BCUT2D eigenvalue weighted by atomic mass is 10.1. The quantitative estimate of drug-likeness (QED) is 0.724. The van der Waals surface area contributed by atoms with Crippen molar-refractivity contribution < 1.29 is 15.0 Å². The van der Waals surface area contributed by atoms with E-state index in [1.807, 2.05) is 6.07 Å².